The normalized spacial score (nSPS) is 21.6. The average molecular weight is 251 g/mol. The topological polar surface area (TPSA) is 39.7 Å². The SMILES string of the molecule is COc1cccc(C(C)OCC2CNCCO2)c1. The maximum Gasteiger partial charge on any atom is 0.119 e. The summed E-state index contributed by atoms with van der Waals surface area (Å²) in [7, 11) is 1.67. The van der Waals surface area contributed by atoms with Crippen molar-refractivity contribution >= 4 is 0 Å². The molecule has 1 saturated heterocycles. The molecular weight excluding hydrogens is 230 g/mol. The average Bonchev–Trinajstić information content (AvgIpc) is 2.46. The molecule has 0 aromatic heterocycles. The van der Waals surface area contributed by atoms with Crippen LogP contribution in [0.25, 0.3) is 0 Å². The fourth-order valence-corrected chi connectivity index (χ4v) is 1.97. The molecule has 1 N–H and O–H groups in total. The van der Waals surface area contributed by atoms with Gasteiger partial charge in [0.1, 0.15) is 5.75 Å². The van der Waals surface area contributed by atoms with Gasteiger partial charge in [-0.25, -0.2) is 0 Å². The molecule has 0 radical (unpaired) electrons. The van der Waals surface area contributed by atoms with Crippen LogP contribution in [-0.4, -0.2) is 39.5 Å². The van der Waals surface area contributed by atoms with Crippen molar-refractivity contribution in [1.82, 2.24) is 5.32 Å². The van der Waals surface area contributed by atoms with Gasteiger partial charge in [0.15, 0.2) is 0 Å². The third kappa shape index (κ3) is 3.70. The fourth-order valence-electron chi connectivity index (χ4n) is 1.97. The first-order valence-corrected chi connectivity index (χ1v) is 6.37. The van der Waals surface area contributed by atoms with Crippen LogP contribution in [-0.2, 0) is 9.47 Å². The Morgan fingerprint density at radius 3 is 3.11 bits per heavy atom. The van der Waals surface area contributed by atoms with Gasteiger partial charge in [0.05, 0.1) is 32.5 Å². The minimum absolute atomic E-state index is 0.0469. The molecular formula is C14H21NO3. The Bertz CT molecular complexity index is 364. The van der Waals surface area contributed by atoms with Gasteiger partial charge in [0, 0.05) is 13.1 Å². The third-order valence-corrected chi connectivity index (χ3v) is 3.10. The van der Waals surface area contributed by atoms with E-state index in [9.17, 15) is 0 Å². The lowest BCUT2D eigenvalue weighted by atomic mass is 10.1. The molecule has 0 aliphatic carbocycles. The summed E-state index contributed by atoms with van der Waals surface area (Å²) in [4.78, 5) is 0. The number of hydrogen-bond donors (Lipinski definition) is 1. The van der Waals surface area contributed by atoms with Gasteiger partial charge in [-0.1, -0.05) is 12.1 Å². The minimum atomic E-state index is 0.0469. The number of nitrogens with one attached hydrogen (secondary N) is 1. The molecule has 1 aliphatic heterocycles. The van der Waals surface area contributed by atoms with Crippen LogP contribution in [0.1, 0.15) is 18.6 Å². The summed E-state index contributed by atoms with van der Waals surface area (Å²) in [6, 6.07) is 7.97. The smallest absolute Gasteiger partial charge is 0.119 e. The van der Waals surface area contributed by atoms with Gasteiger partial charge in [-0.2, -0.15) is 0 Å². The summed E-state index contributed by atoms with van der Waals surface area (Å²) < 4.78 is 16.7. The van der Waals surface area contributed by atoms with Gasteiger partial charge in [-0.3, -0.25) is 0 Å². The molecule has 18 heavy (non-hydrogen) atoms. The van der Waals surface area contributed by atoms with E-state index in [-0.39, 0.29) is 12.2 Å². The van der Waals surface area contributed by atoms with E-state index in [1.165, 1.54) is 0 Å². The van der Waals surface area contributed by atoms with Gasteiger partial charge < -0.3 is 19.5 Å². The Kier molecular flexibility index (Phi) is 4.99. The standard InChI is InChI=1S/C14H21NO3/c1-11(12-4-3-5-13(8-12)16-2)18-10-14-9-15-6-7-17-14/h3-5,8,11,14-15H,6-7,9-10H2,1-2H3. The number of hydrogen-bond acceptors (Lipinski definition) is 4. The number of benzene rings is 1. The summed E-state index contributed by atoms with van der Waals surface area (Å²) in [6.45, 7) is 5.23. The van der Waals surface area contributed by atoms with E-state index < -0.39 is 0 Å². The van der Waals surface area contributed by atoms with Gasteiger partial charge in [-0.05, 0) is 24.6 Å². The summed E-state index contributed by atoms with van der Waals surface area (Å²) in [5, 5.41) is 3.29. The van der Waals surface area contributed by atoms with Crippen LogP contribution in [0.2, 0.25) is 0 Å². The highest BCUT2D eigenvalue weighted by Gasteiger charge is 2.15. The first-order chi connectivity index (χ1) is 8.79. The molecule has 2 unspecified atom stereocenters. The highest BCUT2D eigenvalue weighted by molar-refractivity contribution is 5.29. The maximum absolute atomic E-state index is 5.85. The van der Waals surface area contributed by atoms with E-state index in [2.05, 4.69) is 5.32 Å². The van der Waals surface area contributed by atoms with Crippen molar-refractivity contribution < 1.29 is 14.2 Å². The molecule has 2 atom stereocenters. The second-order valence-corrected chi connectivity index (χ2v) is 4.45. The van der Waals surface area contributed by atoms with Crippen LogP contribution in [0, 0.1) is 0 Å². The van der Waals surface area contributed by atoms with Crippen LogP contribution >= 0.6 is 0 Å². The maximum atomic E-state index is 5.85. The molecule has 0 spiro atoms. The van der Waals surface area contributed by atoms with Crippen LogP contribution in [0.4, 0.5) is 0 Å². The van der Waals surface area contributed by atoms with Crippen molar-refractivity contribution in [1.29, 1.82) is 0 Å². The molecule has 0 bridgehead atoms. The molecule has 4 heteroatoms. The van der Waals surface area contributed by atoms with Crippen LogP contribution in [0.3, 0.4) is 0 Å². The third-order valence-electron chi connectivity index (χ3n) is 3.10. The largest absolute Gasteiger partial charge is 0.497 e. The molecule has 2 rings (SSSR count). The lowest BCUT2D eigenvalue weighted by Gasteiger charge is -2.25. The number of methoxy groups -OCH3 is 1. The zero-order valence-electron chi connectivity index (χ0n) is 11.0. The lowest BCUT2D eigenvalue weighted by molar-refractivity contribution is -0.0520. The van der Waals surface area contributed by atoms with Crippen molar-refractivity contribution in [3.8, 4) is 5.75 Å². The Balaban J connectivity index is 1.84. The molecule has 0 amide bonds. The van der Waals surface area contributed by atoms with E-state index in [1.54, 1.807) is 7.11 Å². The number of morpholine rings is 1. The first kappa shape index (κ1) is 13.3. The van der Waals surface area contributed by atoms with E-state index in [4.69, 9.17) is 14.2 Å². The molecule has 1 aromatic rings. The molecule has 4 nitrogen and oxygen atoms in total. The molecule has 1 aliphatic rings. The monoisotopic (exact) mass is 251 g/mol. The predicted molar refractivity (Wildman–Crippen MR) is 70.0 cm³/mol. The Labute approximate surface area is 108 Å². The fraction of sp³-hybridized carbons (Fsp3) is 0.571. The first-order valence-electron chi connectivity index (χ1n) is 6.37. The summed E-state index contributed by atoms with van der Waals surface area (Å²) in [6.07, 6.45) is 0.206. The van der Waals surface area contributed by atoms with E-state index >= 15 is 0 Å². The van der Waals surface area contributed by atoms with Crippen LogP contribution < -0.4 is 10.1 Å². The quantitative estimate of drug-likeness (QED) is 0.865. The number of rotatable bonds is 5. The summed E-state index contributed by atoms with van der Waals surface area (Å²) in [5.74, 6) is 0.860. The summed E-state index contributed by atoms with van der Waals surface area (Å²) in [5.41, 5.74) is 1.12. The highest BCUT2D eigenvalue weighted by atomic mass is 16.5. The van der Waals surface area contributed by atoms with Crippen molar-refractivity contribution in [3.63, 3.8) is 0 Å². The van der Waals surface area contributed by atoms with Crippen molar-refractivity contribution in [2.45, 2.75) is 19.1 Å². The second-order valence-electron chi connectivity index (χ2n) is 4.45. The predicted octanol–water partition coefficient (Wildman–Crippen LogP) is 1.76. The highest BCUT2D eigenvalue weighted by Crippen LogP contribution is 2.21. The lowest BCUT2D eigenvalue weighted by Crippen LogP contribution is -2.41. The van der Waals surface area contributed by atoms with Gasteiger partial charge in [-0.15, -0.1) is 0 Å². The Morgan fingerprint density at radius 2 is 2.39 bits per heavy atom. The van der Waals surface area contributed by atoms with Crippen molar-refractivity contribution in [3.05, 3.63) is 29.8 Å². The zero-order chi connectivity index (χ0) is 12.8. The van der Waals surface area contributed by atoms with Gasteiger partial charge >= 0.3 is 0 Å². The molecule has 1 fully saturated rings. The zero-order valence-corrected chi connectivity index (χ0v) is 11.0. The van der Waals surface area contributed by atoms with Crippen LogP contribution in [0.15, 0.2) is 24.3 Å². The Morgan fingerprint density at radius 1 is 1.50 bits per heavy atom. The van der Waals surface area contributed by atoms with Crippen molar-refractivity contribution in [2.24, 2.45) is 0 Å². The molecule has 0 saturated carbocycles. The van der Waals surface area contributed by atoms with E-state index in [0.717, 1.165) is 31.0 Å². The number of ether oxygens (including phenoxy) is 3. The van der Waals surface area contributed by atoms with Gasteiger partial charge in [0.2, 0.25) is 0 Å². The van der Waals surface area contributed by atoms with E-state index in [1.807, 2.05) is 31.2 Å². The molecule has 100 valence electrons. The van der Waals surface area contributed by atoms with Crippen molar-refractivity contribution in [2.75, 3.05) is 33.4 Å². The molecule has 1 heterocycles. The van der Waals surface area contributed by atoms with E-state index in [0.29, 0.717) is 6.61 Å². The minimum Gasteiger partial charge on any atom is -0.497 e. The summed E-state index contributed by atoms with van der Waals surface area (Å²) >= 11 is 0. The second kappa shape index (κ2) is 6.73. The Hall–Kier alpha value is -1.10. The van der Waals surface area contributed by atoms with Gasteiger partial charge in [0.25, 0.3) is 0 Å². The molecule has 1 aromatic carbocycles. The van der Waals surface area contributed by atoms with Crippen LogP contribution in [0.5, 0.6) is 5.75 Å².